The van der Waals surface area contributed by atoms with Crippen molar-refractivity contribution in [3.05, 3.63) is 46.0 Å². The second-order valence-corrected chi connectivity index (χ2v) is 5.04. The number of para-hydroxylation sites is 1. The van der Waals surface area contributed by atoms with Crippen molar-refractivity contribution in [2.24, 2.45) is 5.92 Å². The normalized spacial score (nSPS) is 12.5. The fourth-order valence-corrected chi connectivity index (χ4v) is 2.22. The van der Waals surface area contributed by atoms with Crippen LogP contribution in [0.2, 0.25) is 0 Å². The highest BCUT2D eigenvalue weighted by atomic mass is 16.6. The van der Waals surface area contributed by atoms with E-state index in [9.17, 15) is 20.0 Å². The SMILES string of the molecule is CCC(CC)C(O)CNC(=O)/C=C/c1ccccc1[N+](=O)[O-]. The molecule has 1 unspecified atom stereocenters. The van der Waals surface area contributed by atoms with Gasteiger partial charge >= 0.3 is 0 Å². The Morgan fingerprint density at radius 2 is 2.00 bits per heavy atom. The first-order valence-corrected chi connectivity index (χ1v) is 7.36. The van der Waals surface area contributed by atoms with Crippen LogP contribution >= 0.6 is 0 Å². The molecule has 0 saturated heterocycles. The van der Waals surface area contributed by atoms with E-state index in [1.165, 1.54) is 18.2 Å². The van der Waals surface area contributed by atoms with Crippen LogP contribution in [0, 0.1) is 16.0 Å². The van der Waals surface area contributed by atoms with Crippen LogP contribution in [0.3, 0.4) is 0 Å². The van der Waals surface area contributed by atoms with Gasteiger partial charge in [0.05, 0.1) is 16.6 Å². The number of benzene rings is 1. The number of aliphatic hydroxyl groups is 1. The van der Waals surface area contributed by atoms with Crippen LogP contribution in [0.5, 0.6) is 0 Å². The quantitative estimate of drug-likeness (QED) is 0.438. The molecule has 0 aliphatic heterocycles. The molecule has 0 radical (unpaired) electrons. The zero-order valence-corrected chi connectivity index (χ0v) is 12.9. The number of nitrogens with one attached hydrogen (secondary N) is 1. The molecule has 0 bridgehead atoms. The third-order valence-electron chi connectivity index (χ3n) is 3.63. The molecule has 1 amide bonds. The Bertz CT molecular complexity index is 539. The fraction of sp³-hybridized carbons (Fsp3) is 0.438. The summed E-state index contributed by atoms with van der Waals surface area (Å²) < 4.78 is 0. The van der Waals surface area contributed by atoms with Crippen molar-refractivity contribution in [3.63, 3.8) is 0 Å². The number of carbonyl (C=O) groups excluding carboxylic acids is 1. The molecule has 120 valence electrons. The maximum absolute atomic E-state index is 11.7. The topological polar surface area (TPSA) is 92.5 Å². The molecule has 0 heterocycles. The predicted molar refractivity (Wildman–Crippen MR) is 85.2 cm³/mol. The van der Waals surface area contributed by atoms with Gasteiger partial charge in [0.2, 0.25) is 5.91 Å². The third-order valence-corrected chi connectivity index (χ3v) is 3.63. The van der Waals surface area contributed by atoms with Gasteiger partial charge in [0, 0.05) is 18.7 Å². The number of carbonyl (C=O) groups is 1. The van der Waals surface area contributed by atoms with Gasteiger partial charge in [0.15, 0.2) is 0 Å². The lowest BCUT2D eigenvalue weighted by molar-refractivity contribution is -0.385. The number of nitro benzene ring substituents is 1. The second-order valence-electron chi connectivity index (χ2n) is 5.04. The Morgan fingerprint density at radius 3 is 2.59 bits per heavy atom. The van der Waals surface area contributed by atoms with Gasteiger partial charge in [-0.3, -0.25) is 14.9 Å². The maximum atomic E-state index is 11.7. The van der Waals surface area contributed by atoms with Crippen molar-refractivity contribution in [1.29, 1.82) is 0 Å². The fourth-order valence-electron chi connectivity index (χ4n) is 2.22. The summed E-state index contributed by atoms with van der Waals surface area (Å²) in [6.45, 7) is 4.16. The molecule has 0 spiro atoms. The summed E-state index contributed by atoms with van der Waals surface area (Å²) in [6, 6.07) is 6.19. The van der Waals surface area contributed by atoms with E-state index in [0.29, 0.717) is 5.56 Å². The first-order chi connectivity index (χ1) is 10.5. The number of nitrogens with zero attached hydrogens (tertiary/aromatic N) is 1. The predicted octanol–water partition coefficient (Wildman–Crippen LogP) is 2.52. The van der Waals surface area contributed by atoms with E-state index in [4.69, 9.17) is 0 Å². The third kappa shape index (κ3) is 5.29. The summed E-state index contributed by atoms with van der Waals surface area (Å²) in [5.41, 5.74) is 0.312. The number of aliphatic hydroxyl groups excluding tert-OH is 1. The monoisotopic (exact) mass is 306 g/mol. The number of amides is 1. The standard InChI is InChI=1S/C16H22N2O4/c1-3-12(4-2)15(19)11-17-16(20)10-9-13-7-5-6-8-14(13)18(21)22/h5-10,12,15,19H,3-4,11H2,1-2H3,(H,17,20)/b10-9+. The lowest BCUT2D eigenvalue weighted by Gasteiger charge is -2.19. The summed E-state index contributed by atoms with van der Waals surface area (Å²) in [7, 11) is 0. The van der Waals surface area contributed by atoms with E-state index < -0.39 is 11.0 Å². The lowest BCUT2D eigenvalue weighted by atomic mass is 9.96. The summed E-state index contributed by atoms with van der Waals surface area (Å²) in [5.74, 6) is -0.234. The Hall–Kier alpha value is -2.21. The second kappa shape index (κ2) is 8.94. The minimum atomic E-state index is -0.585. The Morgan fingerprint density at radius 1 is 1.36 bits per heavy atom. The first kappa shape index (κ1) is 17.8. The van der Waals surface area contributed by atoms with Crippen molar-refractivity contribution < 1.29 is 14.8 Å². The molecule has 6 heteroatoms. The average molecular weight is 306 g/mol. The van der Waals surface area contributed by atoms with Crippen LogP contribution in [-0.2, 0) is 4.79 Å². The van der Waals surface area contributed by atoms with Gasteiger partial charge in [0.25, 0.3) is 5.69 Å². The van der Waals surface area contributed by atoms with E-state index >= 15 is 0 Å². The molecule has 1 atom stereocenters. The molecule has 0 saturated carbocycles. The largest absolute Gasteiger partial charge is 0.391 e. The van der Waals surface area contributed by atoms with Gasteiger partial charge in [-0.25, -0.2) is 0 Å². The highest BCUT2D eigenvalue weighted by Gasteiger charge is 2.15. The smallest absolute Gasteiger partial charge is 0.276 e. The zero-order valence-electron chi connectivity index (χ0n) is 12.9. The van der Waals surface area contributed by atoms with E-state index in [1.807, 2.05) is 13.8 Å². The van der Waals surface area contributed by atoms with Crippen LogP contribution in [0.1, 0.15) is 32.3 Å². The minimum Gasteiger partial charge on any atom is -0.391 e. The van der Waals surface area contributed by atoms with Gasteiger partial charge in [-0.05, 0) is 18.1 Å². The van der Waals surface area contributed by atoms with Crippen molar-refractivity contribution in [2.75, 3.05) is 6.54 Å². The van der Waals surface area contributed by atoms with E-state index in [0.717, 1.165) is 12.8 Å². The van der Waals surface area contributed by atoms with Gasteiger partial charge in [-0.2, -0.15) is 0 Å². The van der Waals surface area contributed by atoms with E-state index in [-0.39, 0.29) is 24.1 Å². The van der Waals surface area contributed by atoms with Gasteiger partial charge in [0.1, 0.15) is 0 Å². The Balaban J connectivity index is 2.60. The van der Waals surface area contributed by atoms with Crippen LogP contribution in [0.4, 0.5) is 5.69 Å². The maximum Gasteiger partial charge on any atom is 0.276 e. The number of hydrogen-bond acceptors (Lipinski definition) is 4. The number of hydrogen-bond donors (Lipinski definition) is 2. The molecule has 0 aromatic heterocycles. The molecule has 1 rings (SSSR count). The van der Waals surface area contributed by atoms with Gasteiger partial charge < -0.3 is 10.4 Å². The van der Waals surface area contributed by atoms with Gasteiger partial charge in [-0.15, -0.1) is 0 Å². The molecule has 1 aromatic rings. The van der Waals surface area contributed by atoms with Crippen LogP contribution in [-0.4, -0.2) is 28.6 Å². The first-order valence-electron chi connectivity index (χ1n) is 7.36. The molecular formula is C16H22N2O4. The highest BCUT2D eigenvalue weighted by molar-refractivity contribution is 5.92. The summed E-state index contributed by atoms with van der Waals surface area (Å²) in [5, 5.41) is 23.4. The summed E-state index contributed by atoms with van der Waals surface area (Å²) in [4.78, 5) is 22.1. The van der Waals surface area contributed by atoms with Crippen LogP contribution in [0.15, 0.2) is 30.3 Å². The Kier molecular flexibility index (Phi) is 7.25. The zero-order chi connectivity index (χ0) is 16.5. The molecule has 22 heavy (non-hydrogen) atoms. The summed E-state index contributed by atoms with van der Waals surface area (Å²) in [6.07, 6.45) is 3.75. The molecule has 2 N–H and O–H groups in total. The lowest BCUT2D eigenvalue weighted by Crippen LogP contribution is -2.35. The molecular weight excluding hydrogens is 284 g/mol. The molecule has 1 aromatic carbocycles. The van der Waals surface area contributed by atoms with Crippen molar-refractivity contribution in [2.45, 2.75) is 32.8 Å². The van der Waals surface area contributed by atoms with Gasteiger partial charge in [-0.1, -0.05) is 38.8 Å². The van der Waals surface area contributed by atoms with Crippen molar-refractivity contribution >= 4 is 17.7 Å². The molecule has 0 fully saturated rings. The van der Waals surface area contributed by atoms with Crippen LogP contribution in [0.25, 0.3) is 6.08 Å². The number of rotatable bonds is 8. The molecule has 0 aliphatic carbocycles. The molecule has 6 nitrogen and oxygen atoms in total. The van der Waals surface area contributed by atoms with Crippen molar-refractivity contribution in [3.8, 4) is 0 Å². The average Bonchev–Trinajstić information content (AvgIpc) is 2.52. The molecule has 0 aliphatic rings. The van der Waals surface area contributed by atoms with E-state index in [1.54, 1.807) is 18.2 Å². The van der Waals surface area contributed by atoms with Crippen molar-refractivity contribution in [1.82, 2.24) is 5.32 Å². The van der Waals surface area contributed by atoms with Crippen LogP contribution < -0.4 is 5.32 Å². The Labute approximate surface area is 130 Å². The summed E-state index contributed by atoms with van der Waals surface area (Å²) >= 11 is 0. The van der Waals surface area contributed by atoms with E-state index in [2.05, 4.69) is 5.32 Å². The number of nitro groups is 1. The highest BCUT2D eigenvalue weighted by Crippen LogP contribution is 2.18. The minimum absolute atomic E-state index is 0.0522.